The molecule has 1 spiro atoms. The summed E-state index contributed by atoms with van der Waals surface area (Å²) in [7, 11) is 1.65. The summed E-state index contributed by atoms with van der Waals surface area (Å²) in [6, 6.07) is 15.6. The van der Waals surface area contributed by atoms with Gasteiger partial charge in [0, 0.05) is 24.9 Å². The lowest BCUT2D eigenvalue weighted by atomic mass is 9.65. The third kappa shape index (κ3) is 3.87. The molecule has 5 heteroatoms. The molecule has 31 heavy (non-hydrogen) atoms. The molecular formula is C26H32N2O3. The van der Waals surface area contributed by atoms with Crippen LogP contribution in [-0.2, 0) is 16.0 Å². The van der Waals surface area contributed by atoms with Gasteiger partial charge in [-0.3, -0.25) is 9.59 Å². The van der Waals surface area contributed by atoms with Crippen molar-refractivity contribution in [2.24, 2.45) is 0 Å². The van der Waals surface area contributed by atoms with E-state index >= 15 is 0 Å². The second-order valence-electron chi connectivity index (χ2n) is 8.63. The number of aryl methyl sites for hydroxylation is 1. The van der Waals surface area contributed by atoms with Crippen molar-refractivity contribution in [3.8, 4) is 0 Å². The minimum absolute atomic E-state index is 0.0209. The number of carbonyl (C=O) groups is 2. The van der Waals surface area contributed by atoms with Crippen molar-refractivity contribution >= 4 is 17.5 Å². The summed E-state index contributed by atoms with van der Waals surface area (Å²) in [6.45, 7) is 3.05. The predicted octanol–water partition coefficient (Wildman–Crippen LogP) is 4.78. The summed E-state index contributed by atoms with van der Waals surface area (Å²) >= 11 is 0. The molecule has 0 saturated heterocycles. The number of hydrogen-bond donors (Lipinski definition) is 1. The summed E-state index contributed by atoms with van der Waals surface area (Å²) in [5.74, 6) is -0.402. The standard InChI is InChI=1S/C26H32N2O3/c1-3-19-11-5-8-14-22(19)27-24(29)23-20-12-6-7-13-21(20)25(30)28(17-18-31-2)26(23)15-9-4-10-16-26/h5-8,11-14,23H,3-4,9-10,15-18H2,1-2H3,(H,27,29)/t23-/m1/s1. The lowest BCUT2D eigenvalue weighted by molar-refractivity contribution is -0.122. The minimum atomic E-state index is -0.506. The normalized spacial score (nSPS) is 19.9. The molecule has 2 aromatic rings. The molecule has 0 aromatic heterocycles. The Morgan fingerprint density at radius 1 is 1.10 bits per heavy atom. The number of nitrogens with zero attached hydrogens (tertiary/aromatic N) is 1. The van der Waals surface area contributed by atoms with Crippen LogP contribution in [0, 0.1) is 0 Å². The van der Waals surface area contributed by atoms with Gasteiger partial charge >= 0.3 is 0 Å². The smallest absolute Gasteiger partial charge is 0.254 e. The number of para-hydroxylation sites is 1. The Morgan fingerprint density at radius 3 is 2.55 bits per heavy atom. The largest absolute Gasteiger partial charge is 0.383 e. The Labute approximate surface area is 184 Å². The van der Waals surface area contributed by atoms with Gasteiger partial charge in [0.15, 0.2) is 0 Å². The SMILES string of the molecule is CCc1ccccc1NC(=O)[C@H]1c2ccccc2C(=O)N(CCOC)C12CCCCC2. The molecule has 1 N–H and O–H groups in total. The third-order valence-electron chi connectivity index (χ3n) is 6.98. The van der Waals surface area contributed by atoms with E-state index in [4.69, 9.17) is 4.74 Å². The number of nitrogens with one attached hydrogen (secondary N) is 1. The number of methoxy groups -OCH3 is 1. The van der Waals surface area contributed by atoms with Crippen LogP contribution in [0.15, 0.2) is 48.5 Å². The molecule has 1 aliphatic carbocycles. The van der Waals surface area contributed by atoms with Crippen molar-refractivity contribution in [3.63, 3.8) is 0 Å². The Balaban J connectivity index is 1.80. The van der Waals surface area contributed by atoms with Crippen LogP contribution in [0.1, 0.15) is 66.4 Å². The van der Waals surface area contributed by atoms with Gasteiger partial charge < -0.3 is 15.0 Å². The first-order valence-electron chi connectivity index (χ1n) is 11.4. The van der Waals surface area contributed by atoms with Crippen LogP contribution in [0.4, 0.5) is 5.69 Å². The highest BCUT2D eigenvalue weighted by molar-refractivity contribution is 6.05. The van der Waals surface area contributed by atoms with Crippen molar-refractivity contribution in [2.45, 2.75) is 56.9 Å². The highest BCUT2D eigenvalue weighted by Gasteiger charge is 2.54. The van der Waals surface area contributed by atoms with Crippen molar-refractivity contribution in [1.29, 1.82) is 0 Å². The molecule has 164 valence electrons. The number of anilines is 1. The first kappa shape index (κ1) is 21.6. The van der Waals surface area contributed by atoms with Crippen LogP contribution in [0.2, 0.25) is 0 Å². The van der Waals surface area contributed by atoms with E-state index in [2.05, 4.69) is 18.3 Å². The Hall–Kier alpha value is -2.66. The number of hydrogen-bond acceptors (Lipinski definition) is 3. The Morgan fingerprint density at radius 2 is 1.81 bits per heavy atom. The molecule has 0 unspecified atom stereocenters. The fraction of sp³-hybridized carbons (Fsp3) is 0.462. The molecular weight excluding hydrogens is 388 g/mol. The van der Waals surface area contributed by atoms with Crippen LogP contribution in [0.3, 0.4) is 0 Å². The van der Waals surface area contributed by atoms with Crippen molar-refractivity contribution in [3.05, 3.63) is 65.2 Å². The Kier molecular flexibility index (Phi) is 6.42. The topological polar surface area (TPSA) is 58.6 Å². The average molecular weight is 421 g/mol. The van der Waals surface area contributed by atoms with Gasteiger partial charge in [0.2, 0.25) is 5.91 Å². The first-order valence-corrected chi connectivity index (χ1v) is 11.4. The molecule has 5 nitrogen and oxygen atoms in total. The highest BCUT2D eigenvalue weighted by Crippen LogP contribution is 2.49. The lowest BCUT2D eigenvalue weighted by Crippen LogP contribution is -2.62. The first-order chi connectivity index (χ1) is 15.1. The van der Waals surface area contributed by atoms with E-state index in [0.717, 1.165) is 55.3 Å². The quantitative estimate of drug-likeness (QED) is 0.732. The van der Waals surface area contributed by atoms with Crippen LogP contribution in [0.25, 0.3) is 0 Å². The van der Waals surface area contributed by atoms with Gasteiger partial charge in [-0.25, -0.2) is 0 Å². The second kappa shape index (κ2) is 9.23. The number of amides is 2. The summed E-state index contributed by atoms with van der Waals surface area (Å²) in [5.41, 5.74) is 2.96. The maximum atomic E-state index is 13.9. The molecule has 4 rings (SSSR count). The van der Waals surface area contributed by atoms with Gasteiger partial charge in [-0.15, -0.1) is 0 Å². The van der Waals surface area contributed by atoms with Crippen LogP contribution in [-0.4, -0.2) is 42.5 Å². The van der Waals surface area contributed by atoms with Crippen LogP contribution < -0.4 is 5.32 Å². The van der Waals surface area contributed by atoms with Gasteiger partial charge in [-0.05, 0) is 42.5 Å². The zero-order valence-corrected chi connectivity index (χ0v) is 18.5. The number of ether oxygens (including phenoxy) is 1. The third-order valence-corrected chi connectivity index (χ3v) is 6.98. The zero-order valence-electron chi connectivity index (χ0n) is 18.5. The van der Waals surface area contributed by atoms with Crippen molar-refractivity contribution in [1.82, 2.24) is 4.90 Å². The molecule has 0 radical (unpaired) electrons. The van der Waals surface area contributed by atoms with Gasteiger partial charge in [0.1, 0.15) is 0 Å². The van der Waals surface area contributed by atoms with E-state index in [-0.39, 0.29) is 11.8 Å². The summed E-state index contributed by atoms with van der Waals surface area (Å²) in [6.07, 6.45) is 5.71. The fourth-order valence-corrected chi connectivity index (χ4v) is 5.51. The monoisotopic (exact) mass is 420 g/mol. The zero-order chi connectivity index (χ0) is 21.8. The molecule has 1 atom stereocenters. The van der Waals surface area contributed by atoms with E-state index in [9.17, 15) is 9.59 Å². The molecule has 1 heterocycles. The van der Waals surface area contributed by atoms with Crippen LogP contribution >= 0.6 is 0 Å². The van der Waals surface area contributed by atoms with Crippen molar-refractivity contribution in [2.75, 3.05) is 25.6 Å². The van der Waals surface area contributed by atoms with E-state index in [1.807, 2.05) is 47.4 Å². The molecule has 2 amide bonds. The predicted molar refractivity (Wildman–Crippen MR) is 122 cm³/mol. The van der Waals surface area contributed by atoms with Gasteiger partial charge in [-0.2, -0.15) is 0 Å². The average Bonchev–Trinajstić information content (AvgIpc) is 2.80. The molecule has 0 bridgehead atoms. The van der Waals surface area contributed by atoms with Gasteiger partial charge in [-0.1, -0.05) is 62.6 Å². The fourth-order valence-electron chi connectivity index (χ4n) is 5.51. The Bertz CT molecular complexity index is 949. The van der Waals surface area contributed by atoms with Gasteiger partial charge in [0.05, 0.1) is 18.1 Å². The molecule has 1 aliphatic heterocycles. The number of benzene rings is 2. The van der Waals surface area contributed by atoms with E-state index in [0.29, 0.717) is 18.7 Å². The van der Waals surface area contributed by atoms with E-state index in [1.165, 1.54) is 0 Å². The number of fused-ring (bicyclic) bond motifs is 1. The lowest BCUT2D eigenvalue weighted by Gasteiger charge is -2.53. The van der Waals surface area contributed by atoms with E-state index in [1.54, 1.807) is 7.11 Å². The summed E-state index contributed by atoms with van der Waals surface area (Å²) in [5, 5.41) is 3.23. The minimum Gasteiger partial charge on any atom is -0.383 e. The molecule has 1 fully saturated rings. The van der Waals surface area contributed by atoms with Gasteiger partial charge in [0.25, 0.3) is 5.91 Å². The summed E-state index contributed by atoms with van der Waals surface area (Å²) < 4.78 is 5.34. The highest BCUT2D eigenvalue weighted by atomic mass is 16.5. The molecule has 1 saturated carbocycles. The molecule has 2 aliphatic rings. The molecule has 2 aromatic carbocycles. The van der Waals surface area contributed by atoms with Crippen LogP contribution in [0.5, 0.6) is 0 Å². The second-order valence-corrected chi connectivity index (χ2v) is 8.63. The maximum Gasteiger partial charge on any atom is 0.254 e. The van der Waals surface area contributed by atoms with Crippen molar-refractivity contribution < 1.29 is 14.3 Å². The number of rotatable bonds is 6. The number of carbonyl (C=O) groups excluding carboxylic acids is 2. The summed E-state index contributed by atoms with van der Waals surface area (Å²) in [4.78, 5) is 29.4. The van der Waals surface area contributed by atoms with E-state index < -0.39 is 11.5 Å². The maximum absolute atomic E-state index is 13.9.